The third-order valence-corrected chi connectivity index (χ3v) is 4.08. The summed E-state index contributed by atoms with van der Waals surface area (Å²) in [6, 6.07) is 1.86. The van der Waals surface area contributed by atoms with Crippen LogP contribution in [0.3, 0.4) is 0 Å². The zero-order valence-corrected chi connectivity index (χ0v) is 12.2. The third-order valence-electron chi connectivity index (χ3n) is 3.06. The Morgan fingerprint density at radius 2 is 1.84 bits per heavy atom. The molecule has 106 valence electrons. The Balaban J connectivity index is 3.04. The van der Waals surface area contributed by atoms with Crippen LogP contribution in [-0.4, -0.2) is 23.2 Å². The zero-order chi connectivity index (χ0) is 14.6. The summed E-state index contributed by atoms with van der Waals surface area (Å²) < 4.78 is 26.7. The number of halogens is 4. The van der Waals surface area contributed by atoms with Crippen molar-refractivity contribution in [3.8, 4) is 0 Å². The fourth-order valence-electron chi connectivity index (χ4n) is 1.52. The number of carbonyl (C=O) groups is 1. The van der Waals surface area contributed by atoms with Crippen molar-refractivity contribution in [1.82, 2.24) is 5.32 Å². The molecule has 1 rings (SSSR count). The summed E-state index contributed by atoms with van der Waals surface area (Å²) in [7, 11) is 0. The molecule has 6 heteroatoms. The smallest absolute Gasteiger partial charge is 0.254 e. The predicted octanol–water partition coefficient (Wildman–Crippen LogP) is 3.63. The first kappa shape index (κ1) is 16.2. The molecule has 0 unspecified atom stereocenters. The molecule has 0 spiro atoms. The van der Waals surface area contributed by atoms with Gasteiger partial charge in [-0.05, 0) is 25.0 Å². The van der Waals surface area contributed by atoms with Crippen LogP contribution in [0, 0.1) is 18.6 Å². The SMILES string of the molecule is CCC(CCl)(CCl)NC(=O)c1cc(C)c(F)cc1F. The minimum absolute atomic E-state index is 0.112. The van der Waals surface area contributed by atoms with Crippen molar-refractivity contribution in [1.29, 1.82) is 0 Å². The molecule has 0 radical (unpaired) electrons. The molecular formula is C13H15Cl2F2NO. The van der Waals surface area contributed by atoms with E-state index in [2.05, 4.69) is 5.32 Å². The second-order valence-electron chi connectivity index (χ2n) is 4.44. The minimum atomic E-state index is -0.908. The minimum Gasteiger partial charge on any atom is -0.344 e. The van der Waals surface area contributed by atoms with Crippen LogP contribution in [0.1, 0.15) is 29.3 Å². The van der Waals surface area contributed by atoms with E-state index in [1.807, 2.05) is 6.92 Å². The first-order valence-corrected chi connectivity index (χ1v) is 6.86. The topological polar surface area (TPSA) is 29.1 Å². The molecule has 2 nitrogen and oxygen atoms in total. The van der Waals surface area contributed by atoms with Crippen LogP contribution in [0.25, 0.3) is 0 Å². The van der Waals surface area contributed by atoms with Crippen molar-refractivity contribution < 1.29 is 13.6 Å². The standard InChI is InChI=1S/C13H15Cl2F2NO/c1-3-13(6-14,7-15)18-12(19)9-4-8(2)10(16)5-11(9)17/h4-5H,3,6-7H2,1-2H3,(H,18,19). The number of amides is 1. The molecular weight excluding hydrogens is 295 g/mol. The molecule has 0 aromatic heterocycles. The van der Waals surface area contributed by atoms with Gasteiger partial charge in [-0.25, -0.2) is 8.78 Å². The van der Waals surface area contributed by atoms with E-state index in [1.165, 1.54) is 13.0 Å². The third kappa shape index (κ3) is 3.57. The first-order valence-electron chi connectivity index (χ1n) is 5.79. The molecule has 19 heavy (non-hydrogen) atoms. The van der Waals surface area contributed by atoms with Crippen molar-refractivity contribution in [2.45, 2.75) is 25.8 Å². The van der Waals surface area contributed by atoms with Gasteiger partial charge in [0.2, 0.25) is 0 Å². The van der Waals surface area contributed by atoms with Gasteiger partial charge in [0.05, 0.1) is 11.1 Å². The molecule has 0 aliphatic carbocycles. The van der Waals surface area contributed by atoms with Crippen LogP contribution in [0.2, 0.25) is 0 Å². The maximum atomic E-state index is 13.6. The lowest BCUT2D eigenvalue weighted by atomic mass is 10.00. The fraction of sp³-hybridized carbons (Fsp3) is 0.462. The molecule has 0 fully saturated rings. The first-order chi connectivity index (χ1) is 8.89. The van der Waals surface area contributed by atoms with Crippen molar-refractivity contribution in [3.05, 3.63) is 34.9 Å². The van der Waals surface area contributed by atoms with Crippen molar-refractivity contribution in [3.63, 3.8) is 0 Å². The Bertz CT molecular complexity index is 468. The summed E-state index contributed by atoms with van der Waals surface area (Å²) >= 11 is 11.6. The Morgan fingerprint density at radius 3 is 2.32 bits per heavy atom. The molecule has 0 bridgehead atoms. The van der Waals surface area contributed by atoms with E-state index in [0.717, 1.165) is 0 Å². The quantitative estimate of drug-likeness (QED) is 0.827. The molecule has 1 amide bonds. The molecule has 1 N–H and O–H groups in total. The normalized spacial score (nSPS) is 11.5. The number of alkyl halides is 2. The van der Waals surface area contributed by atoms with Crippen molar-refractivity contribution in [2.24, 2.45) is 0 Å². The highest BCUT2D eigenvalue weighted by Gasteiger charge is 2.29. The highest BCUT2D eigenvalue weighted by molar-refractivity contribution is 6.22. The predicted molar refractivity (Wildman–Crippen MR) is 73.0 cm³/mol. The van der Waals surface area contributed by atoms with Gasteiger partial charge in [0, 0.05) is 17.8 Å². The van der Waals surface area contributed by atoms with Gasteiger partial charge in [-0.1, -0.05) is 6.92 Å². The number of rotatable bonds is 5. The van der Waals surface area contributed by atoms with Gasteiger partial charge < -0.3 is 5.32 Å². The van der Waals surface area contributed by atoms with E-state index in [-0.39, 0.29) is 22.9 Å². The van der Waals surface area contributed by atoms with E-state index < -0.39 is 23.1 Å². The summed E-state index contributed by atoms with van der Waals surface area (Å²) in [6.07, 6.45) is 0.507. The highest BCUT2D eigenvalue weighted by atomic mass is 35.5. The number of hydrogen-bond acceptors (Lipinski definition) is 1. The van der Waals surface area contributed by atoms with E-state index in [1.54, 1.807) is 0 Å². The van der Waals surface area contributed by atoms with Gasteiger partial charge in [-0.2, -0.15) is 0 Å². The molecule has 0 aliphatic rings. The van der Waals surface area contributed by atoms with E-state index in [0.29, 0.717) is 12.5 Å². The summed E-state index contributed by atoms with van der Waals surface area (Å²) in [6.45, 7) is 3.28. The summed E-state index contributed by atoms with van der Waals surface area (Å²) in [5.74, 6) is -2.02. The Morgan fingerprint density at radius 1 is 1.26 bits per heavy atom. The second-order valence-corrected chi connectivity index (χ2v) is 4.97. The lowest BCUT2D eigenvalue weighted by molar-refractivity contribution is 0.0909. The van der Waals surface area contributed by atoms with Crippen LogP contribution < -0.4 is 5.32 Å². The molecule has 1 aromatic rings. The monoisotopic (exact) mass is 309 g/mol. The van der Waals surface area contributed by atoms with Crippen LogP contribution in [0.4, 0.5) is 8.78 Å². The van der Waals surface area contributed by atoms with Crippen LogP contribution in [-0.2, 0) is 0 Å². The maximum absolute atomic E-state index is 13.6. The maximum Gasteiger partial charge on any atom is 0.254 e. The largest absolute Gasteiger partial charge is 0.344 e. The molecule has 0 heterocycles. The number of aryl methyl sites for hydroxylation is 1. The van der Waals surface area contributed by atoms with Gasteiger partial charge in [0.1, 0.15) is 11.6 Å². The average molecular weight is 310 g/mol. The number of benzene rings is 1. The lowest BCUT2D eigenvalue weighted by Crippen LogP contribution is -2.51. The van der Waals surface area contributed by atoms with Crippen LogP contribution >= 0.6 is 23.2 Å². The van der Waals surface area contributed by atoms with Crippen LogP contribution in [0.5, 0.6) is 0 Å². The second kappa shape index (κ2) is 6.53. The lowest BCUT2D eigenvalue weighted by Gasteiger charge is -2.29. The number of carbonyl (C=O) groups excluding carboxylic acids is 1. The average Bonchev–Trinajstić information content (AvgIpc) is 2.40. The Hall–Kier alpha value is -0.870. The molecule has 0 saturated heterocycles. The van der Waals surface area contributed by atoms with Crippen LogP contribution in [0.15, 0.2) is 12.1 Å². The van der Waals surface area contributed by atoms with Gasteiger partial charge >= 0.3 is 0 Å². The number of nitrogens with one attached hydrogen (secondary N) is 1. The van der Waals surface area contributed by atoms with Gasteiger partial charge in [0.25, 0.3) is 5.91 Å². The molecule has 0 aliphatic heterocycles. The van der Waals surface area contributed by atoms with E-state index in [9.17, 15) is 13.6 Å². The summed E-state index contributed by atoms with van der Waals surface area (Å²) in [5, 5.41) is 2.62. The number of hydrogen-bond donors (Lipinski definition) is 1. The molecule has 0 saturated carbocycles. The van der Waals surface area contributed by atoms with E-state index >= 15 is 0 Å². The Kier molecular flexibility index (Phi) is 5.56. The van der Waals surface area contributed by atoms with Gasteiger partial charge in [-0.3, -0.25) is 4.79 Å². The highest BCUT2D eigenvalue weighted by Crippen LogP contribution is 2.18. The summed E-state index contributed by atoms with van der Waals surface area (Å²) in [5.41, 5.74) is -0.813. The molecule has 1 aromatic carbocycles. The molecule has 0 atom stereocenters. The zero-order valence-electron chi connectivity index (χ0n) is 10.7. The van der Waals surface area contributed by atoms with Crippen molar-refractivity contribution >= 4 is 29.1 Å². The Labute approximate surface area is 121 Å². The fourth-order valence-corrected chi connectivity index (χ4v) is 2.32. The van der Waals surface area contributed by atoms with E-state index in [4.69, 9.17) is 23.2 Å². The van der Waals surface area contributed by atoms with Crippen molar-refractivity contribution in [2.75, 3.05) is 11.8 Å². The van der Waals surface area contributed by atoms with Gasteiger partial charge in [-0.15, -0.1) is 23.2 Å². The van der Waals surface area contributed by atoms with Gasteiger partial charge in [0.15, 0.2) is 0 Å². The summed E-state index contributed by atoms with van der Waals surface area (Å²) in [4.78, 5) is 12.0.